The summed E-state index contributed by atoms with van der Waals surface area (Å²) < 4.78 is 6.74. The summed E-state index contributed by atoms with van der Waals surface area (Å²) in [5.74, 6) is -0.591. The number of alkyl carbamates (subject to hydrolysis) is 1. The summed E-state index contributed by atoms with van der Waals surface area (Å²) in [4.78, 5) is 31.4. The highest BCUT2D eigenvalue weighted by molar-refractivity contribution is 5.87. The van der Waals surface area contributed by atoms with Crippen molar-refractivity contribution < 1.29 is 19.4 Å². The summed E-state index contributed by atoms with van der Waals surface area (Å²) in [5, 5.41) is 15.8. The molecule has 0 radical (unpaired) electrons. The van der Waals surface area contributed by atoms with Crippen molar-refractivity contribution in [3.8, 4) is 11.1 Å². The molecule has 0 fully saturated rings. The number of carboxylic acid groups (broad SMARTS) is 1. The van der Waals surface area contributed by atoms with Gasteiger partial charge in [0.15, 0.2) is 5.82 Å². The topological polar surface area (TPSA) is 119 Å². The summed E-state index contributed by atoms with van der Waals surface area (Å²) in [6, 6.07) is 16.2. The van der Waals surface area contributed by atoms with Gasteiger partial charge in [-0.2, -0.15) is 4.98 Å². The minimum absolute atomic E-state index is 0.00607. The van der Waals surface area contributed by atoms with Gasteiger partial charge in [0.1, 0.15) is 6.61 Å². The zero-order valence-corrected chi connectivity index (χ0v) is 16.2. The fourth-order valence-electron chi connectivity index (χ4n) is 3.81. The third-order valence-corrected chi connectivity index (χ3v) is 5.22. The second kappa shape index (κ2) is 7.52. The number of fused-ring (bicyclic) bond motifs is 4. The number of aromatic nitrogens is 4. The predicted octanol–water partition coefficient (Wildman–Crippen LogP) is 2.86. The van der Waals surface area contributed by atoms with Crippen LogP contribution in [0, 0.1) is 0 Å². The van der Waals surface area contributed by atoms with Crippen molar-refractivity contribution in [2.24, 2.45) is 0 Å². The van der Waals surface area contributed by atoms with Crippen LogP contribution >= 0.6 is 0 Å². The van der Waals surface area contributed by atoms with Gasteiger partial charge in [0.05, 0.1) is 12.1 Å². The number of carbonyl (C=O) groups is 2. The Hall–Kier alpha value is -4.27. The van der Waals surface area contributed by atoms with Crippen LogP contribution in [0.1, 0.15) is 33.2 Å². The van der Waals surface area contributed by atoms with Crippen LogP contribution in [0.15, 0.2) is 60.9 Å². The molecule has 9 heteroatoms. The molecule has 31 heavy (non-hydrogen) atoms. The SMILES string of the molecule is O=C(NCc1nc2ncc(C(=O)O)cn2n1)OCC1c2ccccc2-c2ccccc21. The molecule has 2 aromatic carbocycles. The summed E-state index contributed by atoms with van der Waals surface area (Å²) >= 11 is 0. The highest BCUT2D eigenvalue weighted by atomic mass is 16.5. The average molecular weight is 415 g/mol. The monoisotopic (exact) mass is 415 g/mol. The predicted molar refractivity (Wildman–Crippen MR) is 110 cm³/mol. The number of aromatic carboxylic acids is 1. The van der Waals surface area contributed by atoms with Gasteiger partial charge in [-0.25, -0.2) is 19.1 Å². The van der Waals surface area contributed by atoms with E-state index in [1.165, 1.54) is 16.9 Å². The Balaban J connectivity index is 1.24. The van der Waals surface area contributed by atoms with Crippen molar-refractivity contribution >= 4 is 17.8 Å². The van der Waals surface area contributed by atoms with Crippen LogP contribution in [0.25, 0.3) is 16.9 Å². The molecular weight excluding hydrogens is 398 g/mol. The maximum atomic E-state index is 12.3. The molecule has 2 N–H and O–H groups in total. The zero-order valence-electron chi connectivity index (χ0n) is 16.2. The fourth-order valence-corrected chi connectivity index (χ4v) is 3.81. The number of hydrogen-bond donors (Lipinski definition) is 2. The molecule has 0 aliphatic heterocycles. The first-order valence-corrected chi connectivity index (χ1v) is 9.63. The van der Waals surface area contributed by atoms with Gasteiger partial charge in [-0.05, 0) is 22.3 Å². The highest BCUT2D eigenvalue weighted by Gasteiger charge is 2.29. The minimum Gasteiger partial charge on any atom is -0.478 e. The molecular formula is C22H17N5O4. The minimum atomic E-state index is -1.11. The van der Waals surface area contributed by atoms with Crippen LogP contribution in [-0.2, 0) is 11.3 Å². The van der Waals surface area contributed by atoms with E-state index in [9.17, 15) is 9.59 Å². The summed E-state index contributed by atoms with van der Waals surface area (Å²) in [5.41, 5.74) is 4.59. The van der Waals surface area contributed by atoms with Crippen LogP contribution in [0.5, 0.6) is 0 Å². The number of benzene rings is 2. The molecule has 1 amide bonds. The Morgan fingerprint density at radius 1 is 1.06 bits per heavy atom. The van der Waals surface area contributed by atoms with Gasteiger partial charge >= 0.3 is 12.1 Å². The first-order valence-electron chi connectivity index (χ1n) is 9.63. The van der Waals surface area contributed by atoms with Crippen LogP contribution in [0.4, 0.5) is 4.79 Å². The van der Waals surface area contributed by atoms with E-state index in [0.29, 0.717) is 5.82 Å². The Bertz CT molecular complexity index is 1270. The molecule has 2 heterocycles. The van der Waals surface area contributed by atoms with E-state index in [-0.39, 0.29) is 30.4 Å². The Morgan fingerprint density at radius 3 is 2.42 bits per heavy atom. The van der Waals surface area contributed by atoms with Gasteiger partial charge in [0, 0.05) is 18.3 Å². The van der Waals surface area contributed by atoms with E-state index in [2.05, 4.69) is 44.6 Å². The molecule has 0 saturated heterocycles. The molecule has 2 aromatic heterocycles. The Morgan fingerprint density at radius 2 is 1.74 bits per heavy atom. The largest absolute Gasteiger partial charge is 0.478 e. The lowest BCUT2D eigenvalue weighted by Gasteiger charge is -2.14. The molecule has 1 aliphatic carbocycles. The number of carboxylic acids is 1. The van der Waals surface area contributed by atoms with Crippen molar-refractivity contribution in [1.29, 1.82) is 0 Å². The first-order chi connectivity index (χ1) is 15.1. The van der Waals surface area contributed by atoms with Gasteiger partial charge in [-0.3, -0.25) is 0 Å². The van der Waals surface area contributed by atoms with Crippen LogP contribution in [0.2, 0.25) is 0 Å². The van der Waals surface area contributed by atoms with E-state index in [4.69, 9.17) is 9.84 Å². The lowest BCUT2D eigenvalue weighted by molar-refractivity contribution is 0.0695. The molecule has 154 valence electrons. The molecule has 0 atom stereocenters. The number of carbonyl (C=O) groups excluding carboxylic acids is 1. The van der Waals surface area contributed by atoms with Gasteiger partial charge in [-0.15, -0.1) is 5.10 Å². The smallest absolute Gasteiger partial charge is 0.407 e. The molecule has 9 nitrogen and oxygen atoms in total. The number of nitrogens with zero attached hydrogens (tertiary/aromatic N) is 4. The van der Waals surface area contributed by atoms with Crippen molar-refractivity contribution in [3.05, 3.63) is 83.4 Å². The number of ether oxygens (including phenoxy) is 1. The van der Waals surface area contributed by atoms with Crippen molar-refractivity contribution in [3.63, 3.8) is 0 Å². The number of rotatable bonds is 5. The molecule has 4 aromatic rings. The molecule has 5 rings (SSSR count). The Labute approximate surface area is 176 Å². The van der Waals surface area contributed by atoms with E-state index < -0.39 is 12.1 Å². The van der Waals surface area contributed by atoms with E-state index in [1.807, 2.05) is 24.3 Å². The molecule has 0 bridgehead atoms. The van der Waals surface area contributed by atoms with Gasteiger partial charge < -0.3 is 15.2 Å². The molecule has 0 unspecified atom stereocenters. The zero-order chi connectivity index (χ0) is 21.4. The van der Waals surface area contributed by atoms with Crippen LogP contribution in [-0.4, -0.2) is 43.4 Å². The molecule has 0 saturated carbocycles. The molecule has 0 spiro atoms. The summed E-state index contributed by atoms with van der Waals surface area (Å²) in [6.07, 6.45) is 1.93. The van der Waals surface area contributed by atoms with E-state index >= 15 is 0 Å². The van der Waals surface area contributed by atoms with E-state index in [1.54, 1.807) is 0 Å². The highest BCUT2D eigenvalue weighted by Crippen LogP contribution is 2.44. The lowest BCUT2D eigenvalue weighted by Crippen LogP contribution is -2.26. The van der Waals surface area contributed by atoms with Gasteiger partial charge in [0.25, 0.3) is 5.78 Å². The maximum Gasteiger partial charge on any atom is 0.407 e. The van der Waals surface area contributed by atoms with Crippen molar-refractivity contribution in [2.75, 3.05) is 6.61 Å². The van der Waals surface area contributed by atoms with E-state index in [0.717, 1.165) is 22.3 Å². The number of nitrogens with one attached hydrogen (secondary N) is 1. The first kappa shape index (κ1) is 18.7. The quantitative estimate of drug-likeness (QED) is 0.514. The van der Waals surface area contributed by atoms with Crippen molar-refractivity contribution in [1.82, 2.24) is 24.9 Å². The van der Waals surface area contributed by atoms with Crippen LogP contribution < -0.4 is 5.32 Å². The van der Waals surface area contributed by atoms with Gasteiger partial charge in [0.2, 0.25) is 0 Å². The second-order valence-corrected chi connectivity index (χ2v) is 7.10. The summed E-state index contributed by atoms with van der Waals surface area (Å²) in [7, 11) is 0. The van der Waals surface area contributed by atoms with Crippen LogP contribution in [0.3, 0.4) is 0 Å². The number of hydrogen-bond acceptors (Lipinski definition) is 6. The maximum absolute atomic E-state index is 12.3. The average Bonchev–Trinajstić information content (AvgIpc) is 3.34. The third kappa shape index (κ3) is 3.46. The summed E-state index contributed by atoms with van der Waals surface area (Å²) in [6.45, 7) is 0.240. The molecule has 1 aliphatic rings. The fraction of sp³-hybridized carbons (Fsp3) is 0.136. The normalized spacial score (nSPS) is 12.4. The van der Waals surface area contributed by atoms with Crippen molar-refractivity contribution in [2.45, 2.75) is 12.5 Å². The third-order valence-electron chi connectivity index (χ3n) is 5.22. The van der Waals surface area contributed by atoms with Gasteiger partial charge in [-0.1, -0.05) is 48.5 Å². The second-order valence-electron chi connectivity index (χ2n) is 7.10. The lowest BCUT2D eigenvalue weighted by atomic mass is 9.98. The standard InChI is InChI=1S/C22H17N5O4/c28-20(29)13-9-23-21-25-19(26-27(21)11-13)10-24-22(30)31-12-18-16-7-3-1-5-14(16)15-6-2-4-8-17(15)18/h1-9,11,18H,10,12H2,(H,24,30)(H,28,29). The Kier molecular flexibility index (Phi) is 4.55. The number of amides is 1.